The molecule has 0 saturated carbocycles. The molecule has 1 aromatic carbocycles. The molecule has 0 amide bonds. The fourth-order valence-electron chi connectivity index (χ4n) is 1.76. The lowest BCUT2D eigenvalue weighted by atomic mass is 9.99. The molecular weight excluding hydrogens is 262 g/mol. The summed E-state index contributed by atoms with van der Waals surface area (Å²) < 4.78 is 0. The van der Waals surface area contributed by atoms with Crippen LogP contribution in [0.2, 0.25) is 5.02 Å². The van der Waals surface area contributed by atoms with E-state index in [0.717, 1.165) is 12.0 Å². The van der Waals surface area contributed by atoms with Gasteiger partial charge in [-0.1, -0.05) is 29.8 Å². The summed E-state index contributed by atoms with van der Waals surface area (Å²) in [5.74, 6) is -0.950. The SMILES string of the molecule is C=N/C=C(CCc1ccc(Cl)cc1)\C(=C/C)C(=O)O. The van der Waals surface area contributed by atoms with Gasteiger partial charge in [-0.2, -0.15) is 0 Å². The summed E-state index contributed by atoms with van der Waals surface area (Å²) in [6.45, 7) is 5.08. The number of carboxylic acids is 1. The smallest absolute Gasteiger partial charge is 0.335 e. The van der Waals surface area contributed by atoms with Gasteiger partial charge in [0.2, 0.25) is 0 Å². The number of aliphatic imine (C=N–C) groups is 1. The van der Waals surface area contributed by atoms with E-state index in [2.05, 4.69) is 11.7 Å². The number of hydrogen-bond acceptors (Lipinski definition) is 2. The van der Waals surface area contributed by atoms with Crippen LogP contribution < -0.4 is 0 Å². The molecule has 1 N–H and O–H groups in total. The zero-order chi connectivity index (χ0) is 14.3. The average molecular weight is 278 g/mol. The first-order chi connectivity index (χ1) is 9.08. The molecule has 0 heterocycles. The van der Waals surface area contributed by atoms with E-state index in [0.29, 0.717) is 17.0 Å². The molecule has 19 heavy (non-hydrogen) atoms. The van der Waals surface area contributed by atoms with Gasteiger partial charge in [0.15, 0.2) is 0 Å². The number of carbonyl (C=O) groups is 1. The quantitative estimate of drug-likeness (QED) is 0.487. The Morgan fingerprint density at radius 1 is 1.42 bits per heavy atom. The highest BCUT2D eigenvalue weighted by molar-refractivity contribution is 6.30. The van der Waals surface area contributed by atoms with Gasteiger partial charge in [-0.05, 0) is 49.8 Å². The molecule has 0 radical (unpaired) electrons. The third kappa shape index (κ3) is 4.72. The third-order valence-electron chi connectivity index (χ3n) is 2.71. The molecule has 0 unspecified atom stereocenters. The standard InChI is InChI=1S/C15H16ClNO2/c1-3-14(15(18)19)12(10-17-2)7-4-11-5-8-13(16)9-6-11/h3,5-6,8-10H,2,4,7H2,1H3,(H,18,19)/b12-10-,14-3+. The Morgan fingerprint density at radius 2 is 2.05 bits per heavy atom. The lowest BCUT2D eigenvalue weighted by Gasteiger charge is -2.07. The molecule has 0 aliphatic rings. The number of rotatable bonds is 6. The highest BCUT2D eigenvalue weighted by atomic mass is 35.5. The zero-order valence-electron chi connectivity index (χ0n) is 10.8. The fraction of sp³-hybridized carbons (Fsp3) is 0.200. The van der Waals surface area contributed by atoms with E-state index in [1.54, 1.807) is 13.0 Å². The van der Waals surface area contributed by atoms with E-state index < -0.39 is 5.97 Å². The molecule has 0 aromatic heterocycles. The van der Waals surface area contributed by atoms with Crippen molar-refractivity contribution in [3.05, 3.63) is 58.3 Å². The molecule has 0 fully saturated rings. The summed E-state index contributed by atoms with van der Waals surface area (Å²) in [4.78, 5) is 14.8. The van der Waals surface area contributed by atoms with Gasteiger partial charge in [0, 0.05) is 11.2 Å². The lowest BCUT2D eigenvalue weighted by Crippen LogP contribution is -2.04. The molecule has 0 spiro atoms. The Morgan fingerprint density at radius 3 is 2.53 bits per heavy atom. The first-order valence-electron chi connectivity index (χ1n) is 5.87. The van der Waals surface area contributed by atoms with Gasteiger partial charge >= 0.3 is 5.97 Å². The van der Waals surface area contributed by atoms with Crippen LogP contribution in [0.25, 0.3) is 0 Å². The van der Waals surface area contributed by atoms with Crippen LogP contribution in [0.3, 0.4) is 0 Å². The first kappa shape index (κ1) is 15.2. The van der Waals surface area contributed by atoms with E-state index in [1.807, 2.05) is 24.3 Å². The van der Waals surface area contributed by atoms with Crippen molar-refractivity contribution in [2.45, 2.75) is 19.8 Å². The van der Waals surface area contributed by atoms with Crippen LogP contribution in [0.5, 0.6) is 0 Å². The number of benzene rings is 1. The Kier molecular flexibility index (Phi) is 6.03. The molecule has 3 nitrogen and oxygen atoms in total. The second-order valence-corrected chi connectivity index (χ2v) is 4.41. The molecule has 100 valence electrons. The number of hydrogen-bond donors (Lipinski definition) is 1. The molecule has 0 saturated heterocycles. The Balaban J connectivity index is 2.81. The summed E-state index contributed by atoms with van der Waals surface area (Å²) in [5, 5.41) is 9.80. The van der Waals surface area contributed by atoms with E-state index in [9.17, 15) is 4.79 Å². The summed E-state index contributed by atoms with van der Waals surface area (Å²) >= 11 is 5.82. The van der Waals surface area contributed by atoms with Gasteiger partial charge in [0.25, 0.3) is 0 Å². The zero-order valence-corrected chi connectivity index (χ0v) is 11.5. The van der Waals surface area contributed by atoms with Gasteiger partial charge in [-0.25, -0.2) is 4.79 Å². The van der Waals surface area contributed by atoms with Gasteiger partial charge in [-0.3, -0.25) is 4.99 Å². The highest BCUT2D eigenvalue weighted by Gasteiger charge is 2.12. The van der Waals surface area contributed by atoms with Gasteiger partial charge in [-0.15, -0.1) is 0 Å². The lowest BCUT2D eigenvalue weighted by molar-refractivity contribution is -0.132. The molecule has 1 aromatic rings. The van der Waals surface area contributed by atoms with Crippen molar-refractivity contribution in [1.29, 1.82) is 0 Å². The van der Waals surface area contributed by atoms with E-state index in [1.165, 1.54) is 6.20 Å². The summed E-state index contributed by atoms with van der Waals surface area (Å²) in [7, 11) is 0. The fourth-order valence-corrected chi connectivity index (χ4v) is 1.88. The number of halogens is 1. The van der Waals surface area contributed by atoms with Crippen LogP contribution in [0.15, 0.2) is 52.7 Å². The molecule has 4 heteroatoms. The maximum absolute atomic E-state index is 11.1. The van der Waals surface area contributed by atoms with Crippen LogP contribution in [-0.2, 0) is 11.2 Å². The first-order valence-corrected chi connectivity index (χ1v) is 6.25. The predicted molar refractivity (Wildman–Crippen MR) is 78.8 cm³/mol. The molecule has 0 aliphatic carbocycles. The van der Waals surface area contributed by atoms with E-state index >= 15 is 0 Å². The molecule has 0 bridgehead atoms. The third-order valence-corrected chi connectivity index (χ3v) is 2.96. The Hall–Kier alpha value is -1.87. The second-order valence-electron chi connectivity index (χ2n) is 3.97. The average Bonchev–Trinajstić information content (AvgIpc) is 2.38. The summed E-state index contributed by atoms with van der Waals surface area (Å²) in [5.41, 5.74) is 2.03. The number of aryl methyl sites for hydroxylation is 1. The van der Waals surface area contributed by atoms with E-state index in [-0.39, 0.29) is 5.57 Å². The molecular formula is C15H16ClNO2. The normalized spacial score (nSPS) is 12.3. The second kappa shape index (κ2) is 7.54. The van der Waals surface area contributed by atoms with Crippen molar-refractivity contribution < 1.29 is 9.90 Å². The van der Waals surface area contributed by atoms with Crippen LogP contribution in [0.1, 0.15) is 18.9 Å². The van der Waals surface area contributed by atoms with Gasteiger partial charge in [0.1, 0.15) is 0 Å². The predicted octanol–water partition coefficient (Wildman–Crippen LogP) is 3.89. The summed E-state index contributed by atoms with van der Waals surface area (Å²) in [6, 6.07) is 7.49. The topological polar surface area (TPSA) is 49.7 Å². The van der Waals surface area contributed by atoms with Crippen LogP contribution in [0.4, 0.5) is 0 Å². The van der Waals surface area contributed by atoms with Crippen molar-refractivity contribution in [2.75, 3.05) is 0 Å². The minimum atomic E-state index is -0.950. The molecule has 1 rings (SSSR count). The van der Waals surface area contributed by atoms with Crippen molar-refractivity contribution in [3.63, 3.8) is 0 Å². The minimum absolute atomic E-state index is 0.265. The van der Waals surface area contributed by atoms with Gasteiger partial charge < -0.3 is 5.11 Å². The van der Waals surface area contributed by atoms with Crippen molar-refractivity contribution in [3.8, 4) is 0 Å². The number of carboxylic acid groups (broad SMARTS) is 1. The van der Waals surface area contributed by atoms with Crippen molar-refractivity contribution >= 4 is 24.3 Å². The van der Waals surface area contributed by atoms with Crippen LogP contribution in [0, 0.1) is 0 Å². The number of aliphatic carboxylic acids is 1. The van der Waals surface area contributed by atoms with Crippen LogP contribution >= 0.6 is 11.6 Å². The number of allylic oxidation sites excluding steroid dienone is 1. The van der Waals surface area contributed by atoms with E-state index in [4.69, 9.17) is 16.7 Å². The maximum atomic E-state index is 11.1. The monoisotopic (exact) mass is 277 g/mol. The van der Waals surface area contributed by atoms with Crippen molar-refractivity contribution in [1.82, 2.24) is 0 Å². The summed E-state index contributed by atoms with van der Waals surface area (Å²) in [6.07, 6.45) is 4.39. The Labute approximate surface area is 117 Å². The van der Waals surface area contributed by atoms with Crippen molar-refractivity contribution in [2.24, 2.45) is 4.99 Å². The Bertz CT molecular complexity index is 515. The minimum Gasteiger partial charge on any atom is -0.478 e. The molecule has 0 aliphatic heterocycles. The van der Waals surface area contributed by atoms with Crippen LogP contribution in [-0.4, -0.2) is 17.8 Å². The number of nitrogens with zero attached hydrogens (tertiary/aromatic N) is 1. The molecule has 0 atom stereocenters. The van der Waals surface area contributed by atoms with Gasteiger partial charge in [0.05, 0.1) is 5.57 Å². The highest BCUT2D eigenvalue weighted by Crippen LogP contribution is 2.19. The largest absolute Gasteiger partial charge is 0.478 e. The maximum Gasteiger partial charge on any atom is 0.335 e.